The van der Waals surface area contributed by atoms with Crippen LogP contribution < -0.4 is 5.73 Å². The van der Waals surface area contributed by atoms with Gasteiger partial charge in [-0.2, -0.15) is 0 Å². The topological polar surface area (TPSA) is 26.0 Å². The van der Waals surface area contributed by atoms with Gasteiger partial charge in [0.15, 0.2) is 0 Å². The van der Waals surface area contributed by atoms with E-state index in [4.69, 9.17) is 5.73 Å². The minimum atomic E-state index is -0.128. The average Bonchev–Trinajstić information content (AvgIpc) is 2.19. The molecule has 0 spiro atoms. The van der Waals surface area contributed by atoms with E-state index >= 15 is 0 Å². The molecule has 0 amide bonds. The van der Waals surface area contributed by atoms with Gasteiger partial charge >= 0.3 is 0 Å². The summed E-state index contributed by atoms with van der Waals surface area (Å²) in [6.45, 7) is 4.63. The highest BCUT2D eigenvalue weighted by atomic mass is 19.1. The van der Waals surface area contributed by atoms with Gasteiger partial charge in [0.05, 0.1) is 0 Å². The maximum absolute atomic E-state index is 13.0. The fourth-order valence-electron chi connectivity index (χ4n) is 1.73. The van der Waals surface area contributed by atoms with Gasteiger partial charge in [-0.15, -0.1) is 0 Å². The van der Waals surface area contributed by atoms with E-state index in [0.717, 1.165) is 18.4 Å². The van der Waals surface area contributed by atoms with Crippen LogP contribution in [0.3, 0.4) is 0 Å². The molecular formula is C12H18FN. The summed E-state index contributed by atoms with van der Waals surface area (Å²) >= 11 is 0. The number of rotatable bonds is 4. The first kappa shape index (κ1) is 11.2. The molecule has 1 nitrogen and oxygen atoms in total. The van der Waals surface area contributed by atoms with Gasteiger partial charge in [-0.05, 0) is 49.4 Å². The van der Waals surface area contributed by atoms with Crippen molar-refractivity contribution < 1.29 is 4.39 Å². The fourth-order valence-corrected chi connectivity index (χ4v) is 1.73. The van der Waals surface area contributed by atoms with E-state index in [1.54, 1.807) is 13.0 Å². The van der Waals surface area contributed by atoms with Gasteiger partial charge in [-0.25, -0.2) is 4.39 Å². The molecule has 0 bridgehead atoms. The molecule has 0 aromatic heterocycles. The van der Waals surface area contributed by atoms with Gasteiger partial charge in [0.1, 0.15) is 5.82 Å². The molecule has 0 aliphatic carbocycles. The molecule has 2 heteroatoms. The lowest BCUT2D eigenvalue weighted by atomic mass is 9.92. The van der Waals surface area contributed by atoms with Crippen LogP contribution in [0.25, 0.3) is 0 Å². The number of nitrogens with two attached hydrogens (primary N) is 1. The van der Waals surface area contributed by atoms with Crippen LogP contribution >= 0.6 is 0 Å². The minimum Gasteiger partial charge on any atom is -0.330 e. The van der Waals surface area contributed by atoms with Gasteiger partial charge in [0, 0.05) is 0 Å². The molecule has 0 radical (unpaired) electrons. The third kappa shape index (κ3) is 2.55. The van der Waals surface area contributed by atoms with E-state index < -0.39 is 0 Å². The van der Waals surface area contributed by atoms with Crippen molar-refractivity contribution in [2.24, 2.45) is 5.73 Å². The van der Waals surface area contributed by atoms with Crippen LogP contribution in [-0.2, 0) is 0 Å². The van der Waals surface area contributed by atoms with E-state index in [2.05, 4.69) is 6.92 Å². The Morgan fingerprint density at radius 1 is 1.43 bits per heavy atom. The molecule has 0 saturated heterocycles. The molecule has 1 aromatic rings. The number of hydrogen-bond acceptors (Lipinski definition) is 1. The Morgan fingerprint density at radius 3 is 2.64 bits per heavy atom. The molecule has 78 valence electrons. The lowest BCUT2D eigenvalue weighted by molar-refractivity contribution is 0.598. The summed E-state index contributed by atoms with van der Waals surface area (Å²) in [5.74, 6) is 0.343. The van der Waals surface area contributed by atoms with Gasteiger partial charge in [0.25, 0.3) is 0 Å². The molecule has 0 saturated carbocycles. The number of aryl methyl sites for hydroxylation is 1. The third-order valence-electron chi connectivity index (χ3n) is 2.66. The van der Waals surface area contributed by atoms with Gasteiger partial charge < -0.3 is 5.73 Å². The summed E-state index contributed by atoms with van der Waals surface area (Å²) in [6.07, 6.45) is 2.03. The van der Waals surface area contributed by atoms with Crippen molar-refractivity contribution in [1.29, 1.82) is 0 Å². The van der Waals surface area contributed by atoms with Crippen LogP contribution in [-0.4, -0.2) is 6.54 Å². The molecule has 1 atom stereocenters. The molecule has 1 unspecified atom stereocenters. The van der Waals surface area contributed by atoms with Crippen molar-refractivity contribution in [2.45, 2.75) is 32.6 Å². The summed E-state index contributed by atoms with van der Waals surface area (Å²) in [6, 6.07) is 5.34. The summed E-state index contributed by atoms with van der Waals surface area (Å²) in [7, 11) is 0. The van der Waals surface area contributed by atoms with E-state index in [1.165, 1.54) is 5.56 Å². The highest BCUT2D eigenvalue weighted by molar-refractivity contribution is 5.26. The second-order valence-electron chi connectivity index (χ2n) is 3.69. The summed E-state index contributed by atoms with van der Waals surface area (Å²) in [4.78, 5) is 0. The first-order chi connectivity index (χ1) is 6.69. The van der Waals surface area contributed by atoms with E-state index in [-0.39, 0.29) is 5.82 Å². The Labute approximate surface area is 85.1 Å². The molecule has 0 aliphatic heterocycles. The van der Waals surface area contributed by atoms with Crippen molar-refractivity contribution in [3.05, 3.63) is 35.1 Å². The maximum Gasteiger partial charge on any atom is 0.126 e. The monoisotopic (exact) mass is 195 g/mol. The van der Waals surface area contributed by atoms with E-state index in [0.29, 0.717) is 12.5 Å². The molecule has 2 N–H and O–H groups in total. The predicted molar refractivity (Wildman–Crippen MR) is 57.8 cm³/mol. The van der Waals surface area contributed by atoms with Crippen LogP contribution in [0.4, 0.5) is 4.39 Å². The molecule has 1 rings (SSSR count). The largest absolute Gasteiger partial charge is 0.330 e. The van der Waals surface area contributed by atoms with E-state index in [9.17, 15) is 4.39 Å². The lowest BCUT2D eigenvalue weighted by Crippen LogP contribution is -2.07. The normalized spacial score (nSPS) is 12.9. The van der Waals surface area contributed by atoms with Crippen molar-refractivity contribution in [3.63, 3.8) is 0 Å². The summed E-state index contributed by atoms with van der Waals surface area (Å²) < 4.78 is 13.0. The second kappa shape index (κ2) is 5.11. The summed E-state index contributed by atoms with van der Waals surface area (Å²) in [5, 5.41) is 0. The highest BCUT2D eigenvalue weighted by Crippen LogP contribution is 2.24. The predicted octanol–water partition coefficient (Wildman–Crippen LogP) is 2.98. The van der Waals surface area contributed by atoms with Gasteiger partial charge in [0.2, 0.25) is 0 Å². The quantitative estimate of drug-likeness (QED) is 0.785. The Morgan fingerprint density at radius 2 is 2.14 bits per heavy atom. The fraction of sp³-hybridized carbons (Fsp3) is 0.500. The lowest BCUT2D eigenvalue weighted by Gasteiger charge is -2.14. The van der Waals surface area contributed by atoms with Gasteiger partial charge in [-0.1, -0.05) is 19.1 Å². The number of halogens is 1. The van der Waals surface area contributed by atoms with Crippen molar-refractivity contribution in [1.82, 2.24) is 0 Å². The van der Waals surface area contributed by atoms with Crippen molar-refractivity contribution in [2.75, 3.05) is 6.54 Å². The molecule has 1 aromatic carbocycles. The van der Waals surface area contributed by atoms with Crippen molar-refractivity contribution >= 4 is 0 Å². The van der Waals surface area contributed by atoms with Crippen LogP contribution in [0.5, 0.6) is 0 Å². The minimum absolute atomic E-state index is 0.128. The van der Waals surface area contributed by atoms with E-state index in [1.807, 2.05) is 12.1 Å². The van der Waals surface area contributed by atoms with Crippen LogP contribution in [0.2, 0.25) is 0 Å². The summed E-state index contributed by atoms with van der Waals surface area (Å²) in [5.41, 5.74) is 7.46. The standard InChI is InChI=1S/C12H18FN/c1-3-10(6-7-14)11-4-5-12(13)9(2)8-11/h4-5,8,10H,3,6-7,14H2,1-2H3. The molecular weight excluding hydrogens is 177 g/mol. The third-order valence-corrected chi connectivity index (χ3v) is 2.66. The Balaban J connectivity index is 2.88. The molecule has 14 heavy (non-hydrogen) atoms. The number of hydrogen-bond donors (Lipinski definition) is 1. The zero-order valence-electron chi connectivity index (χ0n) is 8.89. The second-order valence-corrected chi connectivity index (χ2v) is 3.69. The Kier molecular flexibility index (Phi) is 4.08. The Bertz CT molecular complexity index is 296. The van der Waals surface area contributed by atoms with Crippen LogP contribution in [0.1, 0.15) is 36.8 Å². The first-order valence-electron chi connectivity index (χ1n) is 5.15. The first-order valence-corrected chi connectivity index (χ1v) is 5.15. The zero-order valence-corrected chi connectivity index (χ0v) is 8.89. The van der Waals surface area contributed by atoms with Crippen molar-refractivity contribution in [3.8, 4) is 0 Å². The van der Waals surface area contributed by atoms with Gasteiger partial charge in [-0.3, -0.25) is 0 Å². The molecule has 0 aliphatic rings. The smallest absolute Gasteiger partial charge is 0.126 e. The number of benzene rings is 1. The average molecular weight is 195 g/mol. The maximum atomic E-state index is 13.0. The highest BCUT2D eigenvalue weighted by Gasteiger charge is 2.09. The SMILES string of the molecule is CCC(CCN)c1ccc(F)c(C)c1. The zero-order chi connectivity index (χ0) is 10.6. The molecule has 0 heterocycles. The Hall–Kier alpha value is -0.890. The molecule has 0 fully saturated rings. The van der Waals surface area contributed by atoms with Crippen LogP contribution in [0, 0.1) is 12.7 Å². The van der Waals surface area contributed by atoms with Crippen LogP contribution in [0.15, 0.2) is 18.2 Å².